The molecular weight excluding hydrogens is 496 g/mol. The molecule has 0 spiro atoms. The molecule has 0 aliphatic carbocycles. The average molecular weight is 527 g/mol. The van der Waals surface area contributed by atoms with Gasteiger partial charge in [0.15, 0.2) is 5.65 Å². The van der Waals surface area contributed by atoms with E-state index in [2.05, 4.69) is 32.7 Å². The Morgan fingerprint density at radius 1 is 0.949 bits per heavy atom. The molecule has 0 radical (unpaired) electrons. The Balaban J connectivity index is 1.23. The number of rotatable bonds is 8. The molecular formula is C29H30N6O4. The number of piperazine rings is 1. The van der Waals surface area contributed by atoms with Crippen LogP contribution in [0.4, 0.5) is 11.4 Å². The Hall–Kier alpha value is -4.86. The lowest BCUT2D eigenvalue weighted by Gasteiger charge is -2.36. The van der Waals surface area contributed by atoms with Gasteiger partial charge >= 0.3 is 0 Å². The van der Waals surface area contributed by atoms with E-state index in [1.54, 1.807) is 30.3 Å². The molecule has 5 rings (SSSR count). The van der Waals surface area contributed by atoms with E-state index >= 15 is 0 Å². The maximum Gasteiger partial charge on any atom is 0.281 e. The van der Waals surface area contributed by atoms with Crippen LogP contribution in [0.2, 0.25) is 0 Å². The summed E-state index contributed by atoms with van der Waals surface area (Å²) in [5.74, 6) is 0.235. The van der Waals surface area contributed by atoms with Crippen molar-refractivity contribution < 1.29 is 14.3 Å². The van der Waals surface area contributed by atoms with Crippen LogP contribution in [0.15, 0.2) is 83.9 Å². The molecule has 3 heterocycles. The molecule has 1 fully saturated rings. The quantitative estimate of drug-likeness (QED) is 0.363. The van der Waals surface area contributed by atoms with E-state index in [4.69, 9.17) is 4.74 Å². The number of methoxy groups -OCH3 is 1. The number of carbonyl (C=O) groups excluding carboxylic acids is 2. The third-order valence-electron chi connectivity index (χ3n) is 6.76. The topological polar surface area (TPSA) is 108 Å². The third-order valence-corrected chi connectivity index (χ3v) is 6.76. The van der Waals surface area contributed by atoms with E-state index in [-0.39, 0.29) is 35.3 Å². The van der Waals surface area contributed by atoms with Crippen molar-refractivity contribution in [1.82, 2.24) is 19.6 Å². The van der Waals surface area contributed by atoms with Crippen LogP contribution in [0.1, 0.15) is 15.9 Å². The molecule has 10 nitrogen and oxygen atoms in total. The molecule has 2 N–H and O–H groups in total. The Morgan fingerprint density at radius 3 is 2.46 bits per heavy atom. The van der Waals surface area contributed by atoms with Crippen molar-refractivity contribution in [2.75, 3.05) is 50.1 Å². The second-order valence-corrected chi connectivity index (χ2v) is 9.15. The summed E-state index contributed by atoms with van der Waals surface area (Å²) in [5, 5.41) is 5.67. The number of para-hydroxylation sites is 2. The first-order chi connectivity index (χ1) is 19.0. The summed E-state index contributed by atoms with van der Waals surface area (Å²) in [4.78, 5) is 47.4. The molecule has 2 aromatic heterocycles. The number of ether oxygens (including phenoxy) is 1. The lowest BCUT2D eigenvalue weighted by molar-refractivity contribution is -0.119. The normalized spacial score (nSPS) is 13.3. The first-order valence-corrected chi connectivity index (χ1v) is 12.8. The first-order valence-electron chi connectivity index (χ1n) is 12.8. The number of aromatic nitrogens is 2. The summed E-state index contributed by atoms with van der Waals surface area (Å²) < 4.78 is 6.64. The van der Waals surface area contributed by atoms with Crippen LogP contribution in [0.3, 0.4) is 0 Å². The maximum atomic E-state index is 13.4. The van der Waals surface area contributed by atoms with Gasteiger partial charge in [0.1, 0.15) is 11.4 Å². The molecule has 10 heteroatoms. The zero-order valence-corrected chi connectivity index (χ0v) is 21.7. The van der Waals surface area contributed by atoms with Gasteiger partial charge in [-0.25, -0.2) is 4.98 Å². The molecule has 1 aliphatic rings. The zero-order valence-electron chi connectivity index (χ0n) is 21.7. The van der Waals surface area contributed by atoms with Crippen molar-refractivity contribution in [3.8, 4) is 5.75 Å². The van der Waals surface area contributed by atoms with Crippen LogP contribution in [0.5, 0.6) is 5.75 Å². The van der Waals surface area contributed by atoms with Crippen molar-refractivity contribution >= 4 is 28.8 Å². The molecule has 0 unspecified atom stereocenters. The van der Waals surface area contributed by atoms with Crippen LogP contribution in [-0.2, 0) is 11.3 Å². The van der Waals surface area contributed by atoms with E-state index < -0.39 is 0 Å². The number of nitrogens with zero attached hydrogens (tertiary/aromatic N) is 4. The highest BCUT2D eigenvalue weighted by atomic mass is 16.5. The van der Waals surface area contributed by atoms with Gasteiger partial charge < -0.3 is 25.2 Å². The minimum atomic E-state index is -0.388. The number of nitrogens with one attached hydrogen (secondary N) is 2. The molecule has 2 amide bonds. The lowest BCUT2D eigenvalue weighted by Crippen LogP contribution is -2.49. The van der Waals surface area contributed by atoms with E-state index in [1.165, 1.54) is 10.6 Å². The van der Waals surface area contributed by atoms with Gasteiger partial charge in [-0.1, -0.05) is 36.4 Å². The summed E-state index contributed by atoms with van der Waals surface area (Å²) in [7, 11) is 1.58. The van der Waals surface area contributed by atoms with Gasteiger partial charge in [-0.15, -0.1) is 0 Å². The largest absolute Gasteiger partial charge is 0.496 e. The SMILES string of the molecule is COc1ccccc1CNC(=O)CNc1cnc2c(C(=O)N3CCN(c4ccccc4)CC3)cccn2c1=O. The van der Waals surface area contributed by atoms with Gasteiger partial charge in [0.05, 0.1) is 25.4 Å². The summed E-state index contributed by atoms with van der Waals surface area (Å²) in [6.45, 7) is 2.78. The smallest absolute Gasteiger partial charge is 0.281 e. The van der Waals surface area contributed by atoms with Crippen LogP contribution >= 0.6 is 0 Å². The van der Waals surface area contributed by atoms with Crippen LogP contribution in [0, 0.1) is 0 Å². The molecule has 4 aromatic rings. The van der Waals surface area contributed by atoms with Gasteiger partial charge in [-0.2, -0.15) is 0 Å². The Labute approximate surface area is 225 Å². The Bertz CT molecular complexity index is 1530. The maximum absolute atomic E-state index is 13.4. The average Bonchev–Trinajstić information content (AvgIpc) is 2.99. The standard InChI is InChI=1S/C29H30N6O4/c1-39-25-12-6-5-8-21(25)18-31-26(36)20-30-24-19-32-27-23(11-7-13-35(27)29(24)38)28(37)34-16-14-33(15-17-34)22-9-3-2-4-10-22/h2-13,19,30H,14-18,20H2,1H3,(H,31,36). The van der Waals surface area contributed by atoms with Crippen LogP contribution < -0.4 is 25.8 Å². The summed E-state index contributed by atoms with van der Waals surface area (Å²) in [6, 6.07) is 20.9. The number of anilines is 2. The van der Waals surface area contributed by atoms with E-state index in [0.717, 1.165) is 24.3 Å². The highest BCUT2D eigenvalue weighted by Crippen LogP contribution is 2.19. The Kier molecular flexibility index (Phi) is 7.72. The van der Waals surface area contributed by atoms with Gasteiger partial charge in [0, 0.05) is 50.2 Å². The molecule has 1 saturated heterocycles. The minimum absolute atomic E-state index is 0.109. The van der Waals surface area contributed by atoms with Crippen molar-refractivity contribution in [3.63, 3.8) is 0 Å². The van der Waals surface area contributed by atoms with Crippen LogP contribution in [-0.4, -0.2) is 65.9 Å². The molecule has 0 bridgehead atoms. The lowest BCUT2D eigenvalue weighted by atomic mass is 10.2. The predicted molar refractivity (Wildman–Crippen MR) is 149 cm³/mol. The summed E-state index contributed by atoms with van der Waals surface area (Å²) >= 11 is 0. The third kappa shape index (κ3) is 5.69. The van der Waals surface area contributed by atoms with Gasteiger partial charge in [0.25, 0.3) is 11.5 Å². The highest BCUT2D eigenvalue weighted by molar-refractivity contribution is 6.00. The van der Waals surface area contributed by atoms with Crippen molar-refractivity contribution in [2.24, 2.45) is 0 Å². The van der Waals surface area contributed by atoms with Gasteiger partial charge in [-0.3, -0.25) is 18.8 Å². The van der Waals surface area contributed by atoms with Crippen molar-refractivity contribution in [1.29, 1.82) is 0 Å². The van der Waals surface area contributed by atoms with Gasteiger partial charge in [0.2, 0.25) is 5.91 Å². The summed E-state index contributed by atoms with van der Waals surface area (Å²) in [6.07, 6.45) is 2.94. The van der Waals surface area contributed by atoms with Gasteiger partial charge in [-0.05, 0) is 30.3 Å². The zero-order chi connectivity index (χ0) is 27.2. The van der Waals surface area contributed by atoms with Crippen LogP contribution in [0.25, 0.3) is 5.65 Å². The van der Waals surface area contributed by atoms with E-state index in [9.17, 15) is 14.4 Å². The molecule has 0 saturated carbocycles. The van der Waals surface area contributed by atoms with Crippen molar-refractivity contribution in [3.05, 3.63) is 101 Å². The number of hydrogen-bond donors (Lipinski definition) is 2. The molecule has 0 atom stereocenters. The fraction of sp³-hybridized carbons (Fsp3) is 0.241. The molecule has 200 valence electrons. The number of amides is 2. The number of benzene rings is 2. The minimum Gasteiger partial charge on any atom is -0.496 e. The first kappa shape index (κ1) is 25.8. The molecule has 1 aliphatic heterocycles. The summed E-state index contributed by atoms with van der Waals surface area (Å²) in [5.41, 5.74) is 2.41. The monoisotopic (exact) mass is 526 g/mol. The molecule has 2 aromatic carbocycles. The number of fused-ring (bicyclic) bond motifs is 1. The van der Waals surface area contributed by atoms with E-state index in [0.29, 0.717) is 30.9 Å². The predicted octanol–water partition coefficient (Wildman–Crippen LogP) is 2.39. The second kappa shape index (κ2) is 11.7. The second-order valence-electron chi connectivity index (χ2n) is 9.15. The molecule has 39 heavy (non-hydrogen) atoms. The Morgan fingerprint density at radius 2 is 1.69 bits per heavy atom. The van der Waals surface area contributed by atoms with Crippen molar-refractivity contribution in [2.45, 2.75) is 6.54 Å². The fourth-order valence-electron chi connectivity index (χ4n) is 4.65. The van der Waals surface area contributed by atoms with E-state index in [1.807, 2.05) is 42.5 Å². The number of hydrogen-bond acceptors (Lipinski definition) is 7. The fourth-order valence-corrected chi connectivity index (χ4v) is 4.65. The number of pyridine rings is 1. The highest BCUT2D eigenvalue weighted by Gasteiger charge is 2.24. The number of carbonyl (C=O) groups is 2.